The standard InChI is InChI=1S/C20H16ClN3O3/c21-17-10-15(11-18-20(17)27-13-26-18)4-7-19(25)22-12-14-2-5-16(6-3-14)24-9-1-8-23-24/h1-11H,12-13H2,(H,22,25)/b7-4+. The molecule has 0 radical (unpaired) electrons. The molecule has 1 N–H and O–H groups in total. The Labute approximate surface area is 161 Å². The normalized spacial score (nSPS) is 12.5. The Morgan fingerprint density at radius 1 is 1.26 bits per heavy atom. The van der Waals surface area contributed by atoms with Crippen LogP contribution in [0.25, 0.3) is 11.8 Å². The summed E-state index contributed by atoms with van der Waals surface area (Å²) in [7, 11) is 0. The fraction of sp³-hybridized carbons (Fsp3) is 0.100. The molecule has 1 amide bonds. The van der Waals surface area contributed by atoms with Gasteiger partial charge in [0.25, 0.3) is 0 Å². The van der Waals surface area contributed by atoms with Crippen LogP contribution in [0.2, 0.25) is 5.02 Å². The van der Waals surface area contributed by atoms with Crippen molar-refractivity contribution in [3.05, 3.63) is 77.1 Å². The highest BCUT2D eigenvalue weighted by molar-refractivity contribution is 6.32. The highest BCUT2D eigenvalue weighted by atomic mass is 35.5. The molecule has 136 valence electrons. The van der Waals surface area contributed by atoms with Crippen LogP contribution in [0.15, 0.2) is 60.9 Å². The monoisotopic (exact) mass is 381 g/mol. The second-order valence-electron chi connectivity index (χ2n) is 5.90. The number of fused-ring (bicyclic) bond motifs is 1. The van der Waals surface area contributed by atoms with Crippen molar-refractivity contribution in [1.82, 2.24) is 15.1 Å². The fourth-order valence-electron chi connectivity index (χ4n) is 2.69. The number of nitrogens with one attached hydrogen (secondary N) is 1. The minimum absolute atomic E-state index is 0.155. The minimum Gasteiger partial charge on any atom is -0.454 e. The molecule has 0 saturated heterocycles. The predicted octanol–water partition coefficient (Wildman–Crippen LogP) is 3.58. The van der Waals surface area contributed by atoms with Gasteiger partial charge >= 0.3 is 0 Å². The molecule has 0 aliphatic carbocycles. The summed E-state index contributed by atoms with van der Waals surface area (Å²) in [6.07, 6.45) is 6.76. The summed E-state index contributed by atoms with van der Waals surface area (Å²) in [4.78, 5) is 12.1. The van der Waals surface area contributed by atoms with E-state index in [2.05, 4.69) is 10.4 Å². The van der Waals surface area contributed by atoms with Gasteiger partial charge < -0.3 is 14.8 Å². The van der Waals surface area contributed by atoms with E-state index in [0.717, 1.165) is 16.8 Å². The van der Waals surface area contributed by atoms with Crippen LogP contribution in [0.3, 0.4) is 0 Å². The lowest BCUT2D eigenvalue weighted by atomic mass is 10.2. The summed E-state index contributed by atoms with van der Waals surface area (Å²) < 4.78 is 12.4. The van der Waals surface area contributed by atoms with Crippen LogP contribution in [0.1, 0.15) is 11.1 Å². The molecule has 1 aliphatic heterocycles. The summed E-state index contributed by atoms with van der Waals surface area (Å²) in [6.45, 7) is 0.590. The highest BCUT2D eigenvalue weighted by Gasteiger charge is 2.17. The van der Waals surface area contributed by atoms with Crippen molar-refractivity contribution in [2.75, 3.05) is 6.79 Å². The number of halogens is 1. The van der Waals surface area contributed by atoms with Crippen LogP contribution < -0.4 is 14.8 Å². The Kier molecular flexibility index (Phi) is 4.80. The predicted molar refractivity (Wildman–Crippen MR) is 102 cm³/mol. The average molecular weight is 382 g/mol. The number of ether oxygens (including phenoxy) is 2. The molecule has 0 saturated carbocycles. The minimum atomic E-state index is -0.194. The number of rotatable bonds is 5. The number of hydrogen-bond acceptors (Lipinski definition) is 4. The molecule has 4 rings (SSSR count). The van der Waals surface area contributed by atoms with Crippen molar-refractivity contribution < 1.29 is 14.3 Å². The van der Waals surface area contributed by atoms with E-state index in [9.17, 15) is 4.79 Å². The van der Waals surface area contributed by atoms with Gasteiger partial charge in [-0.05, 0) is 47.5 Å². The lowest BCUT2D eigenvalue weighted by Gasteiger charge is -2.05. The summed E-state index contributed by atoms with van der Waals surface area (Å²) in [5, 5.41) is 7.50. The zero-order valence-electron chi connectivity index (χ0n) is 14.3. The molecule has 27 heavy (non-hydrogen) atoms. The summed E-state index contributed by atoms with van der Waals surface area (Å²) in [5.74, 6) is 0.927. The first-order valence-electron chi connectivity index (χ1n) is 8.33. The Balaban J connectivity index is 1.34. The van der Waals surface area contributed by atoms with Crippen LogP contribution in [0.5, 0.6) is 11.5 Å². The van der Waals surface area contributed by atoms with Crippen LogP contribution >= 0.6 is 11.6 Å². The maximum atomic E-state index is 12.1. The smallest absolute Gasteiger partial charge is 0.244 e. The Bertz CT molecular complexity index is 982. The summed E-state index contributed by atoms with van der Waals surface area (Å²) >= 11 is 6.14. The average Bonchev–Trinajstić information content (AvgIpc) is 3.37. The first-order chi connectivity index (χ1) is 13.2. The lowest BCUT2D eigenvalue weighted by molar-refractivity contribution is -0.116. The van der Waals surface area contributed by atoms with Gasteiger partial charge in [-0.1, -0.05) is 23.7 Å². The van der Waals surface area contributed by atoms with E-state index >= 15 is 0 Å². The molecule has 0 fully saturated rings. The van der Waals surface area contributed by atoms with Gasteiger partial charge in [-0.3, -0.25) is 4.79 Å². The van der Waals surface area contributed by atoms with Crippen LogP contribution in [0, 0.1) is 0 Å². The molecule has 0 unspecified atom stereocenters. The van der Waals surface area contributed by atoms with Crippen molar-refractivity contribution in [3.63, 3.8) is 0 Å². The number of carbonyl (C=O) groups excluding carboxylic acids is 1. The van der Waals surface area contributed by atoms with Crippen molar-refractivity contribution in [1.29, 1.82) is 0 Å². The van der Waals surface area contributed by atoms with Gasteiger partial charge in [-0.25, -0.2) is 4.68 Å². The number of amides is 1. The number of nitrogens with zero attached hydrogens (tertiary/aromatic N) is 2. The van der Waals surface area contributed by atoms with Gasteiger partial charge in [0.05, 0.1) is 10.7 Å². The van der Waals surface area contributed by atoms with E-state index in [1.165, 1.54) is 6.08 Å². The first kappa shape index (κ1) is 17.2. The number of aromatic nitrogens is 2. The molecule has 3 aromatic rings. The highest BCUT2D eigenvalue weighted by Crippen LogP contribution is 2.40. The van der Waals surface area contributed by atoms with Crippen LogP contribution in [-0.2, 0) is 11.3 Å². The van der Waals surface area contributed by atoms with Crippen molar-refractivity contribution in [2.24, 2.45) is 0 Å². The third-order valence-electron chi connectivity index (χ3n) is 4.05. The molecule has 1 aliphatic rings. The van der Waals surface area contributed by atoms with E-state index in [1.54, 1.807) is 29.1 Å². The molecule has 1 aromatic heterocycles. The Morgan fingerprint density at radius 2 is 2.11 bits per heavy atom. The molecule has 2 heterocycles. The van der Waals surface area contributed by atoms with Crippen LogP contribution in [0.4, 0.5) is 0 Å². The van der Waals surface area contributed by atoms with E-state index in [4.69, 9.17) is 21.1 Å². The molecular formula is C20H16ClN3O3. The maximum Gasteiger partial charge on any atom is 0.244 e. The fourth-order valence-corrected chi connectivity index (χ4v) is 2.97. The van der Waals surface area contributed by atoms with E-state index in [1.807, 2.05) is 36.5 Å². The summed E-state index contributed by atoms with van der Waals surface area (Å²) in [5.41, 5.74) is 2.73. The number of benzene rings is 2. The first-order valence-corrected chi connectivity index (χ1v) is 8.71. The van der Waals surface area contributed by atoms with Crippen molar-refractivity contribution in [3.8, 4) is 17.2 Å². The van der Waals surface area contributed by atoms with Gasteiger partial charge in [0.1, 0.15) is 0 Å². The van der Waals surface area contributed by atoms with Gasteiger partial charge in [-0.15, -0.1) is 0 Å². The maximum absolute atomic E-state index is 12.1. The summed E-state index contributed by atoms with van der Waals surface area (Å²) in [6, 6.07) is 13.2. The van der Waals surface area contributed by atoms with E-state index in [-0.39, 0.29) is 12.7 Å². The molecule has 2 aromatic carbocycles. The molecule has 0 atom stereocenters. The van der Waals surface area contributed by atoms with Gasteiger partial charge in [-0.2, -0.15) is 5.10 Å². The topological polar surface area (TPSA) is 65.4 Å². The van der Waals surface area contributed by atoms with Gasteiger partial charge in [0, 0.05) is 25.0 Å². The van der Waals surface area contributed by atoms with E-state index < -0.39 is 0 Å². The van der Waals surface area contributed by atoms with Gasteiger partial charge in [0.2, 0.25) is 12.7 Å². The zero-order valence-corrected chi connectivity index (χ0v) is 15.0. The van der Waals surface area contributed by atoms with Crippen LogP contribution in [-0.4, -0.2) is 22.5 Å². The third-order valence-corrected chi connectivity index (χ3v) is 4.33. The molecular weight excluding hydrogens is 366 g/mol. The van der Waals surface area contributed by atoms with Crippen molar-refractivity contribution >= 4 is 23.6 Å². The Morgan fingerprint density at radius 3 is 2.89 bits per heavy atom. The van der Waals surface area contributed by atoms with Crippen molar-refractivity contribution in [2.45, 2.75) is 6.54 Å². The van der Waals surface area contributed by atoms with E-state index in [0.29, 0.717) is 23.1 Å². The SMILES string of the molecule is O=C(/C=C/c1cc(Cl)c2c(c1)OCO2)NCc1ccc(-n2cccn2)cc1. The molecule has 7 heteroatoms. The second-order valence-corrected chi connectivity index (χ2v) is 6.31. The molecule has 0 bridgehead atoms. The third kappa shape index (κ3) is 3.96. The Hall–Kier alpha value is -3.25. The second kappa shape index (κ2) is 7.55. The quantitative estimate of drug-likeness (QED) is 0.686. The lowest BCUT2D eigenvalue weighted by Crippen LogP contribution is -2.20. The number of hydrogen-bond donors (Lipinski definition) is 1. The molecule has 0 spiro atoms. The number of carbonyl (C=O) groups is 1. The van der Waals surface area contributed by atoms with Gasteiger partial charge in [0.15, 0.2) is 11.5 Å². The molecule has 6 nitrogen and oxygen atoms in total. The largest absolute Gasteiger partial charge is 0.454 e. The zero-order chi connectivity index (χ0) is 18.6.